The number of piperazine rings is 1. The van der Waals surface area contributed by atoms with Gasteiger partial charge in [0.15, 0.2) is 0 Å². The van der Waals surface area contributed by atoms with E-state index in [4.69, 9.17) is 9.47 Å². The van der Waals surface area contributed by atoms with Crippen molar-refractivity contribution in [2.45, 2.75) is 52.1 Å². The summed E-state index contributed by atoms with van der Waals surface area (Å²) in [5, 5.41) is 0. The molecule has 0 radical (unpaired) electrons. The molecule has 4 unspecified atom stereocenters. The molecule has 5 heteroatoms. The van der Waals surface area contributed by atoms with E-state index in [2.05, 4.69) is 35.8 Å². The number of anilines is 1. The molecule has 1 aromatic rings. The Labute approximate surface area is 186 Å². The third-order valence-electron chi connectivity index (χ3n) is 8.43. The first-order chi connectivity index (χ1) is 15.0. The molecule has 31 heavy (non-hydrogen) atoms. The zero-order chi connectivity index (χ0) is 21.6. The number of carbonyl (C=O) groups excluding carboxylic acids is 1. The number of esters is 1. The quantitative estimate of drug-likeness (QED) is 0.533. The lowest BCUT2D eigenvalue weighted by atomic mass is 9.59. The summed E-state index contributed by atoms with van der Waals surface area (Å²) in [5.41, 5.74) is 4.69. The number of hydrogen-bond donors (Lipinski definition) is 0. The van der Waals surface area contributed by atoms with Crippen molar-refractivity contribution in [1.82, 2.24) is 4.90 Å². The van der Waals surface area contributed by atoms with Gasteiger partial charge in [0, 0.05) is 50.4 Å². The predicted molar refractivity (Wildman–Crippen MR) is 122 cm³/mol. The van der Waals surface area contributed by atoms with Crippen LogP contribution < -0.4 is 9.64 Å². The minimum absolute atomic E-state index is 0.0279. The monoisotopic (exact) mass is 424 g/mol. The Morgan fingerprint density at radius 2 is 2.03 bits per heavy atom. The van der Waals surface area contributed by atoms with Crippen LogP contribution in [0.2, 0.25) is 0 Å². The molecule has 2 aliphatic carbocycles. The van der Waals surface area contributed by atoms with Gasteiger partial charge in [0.05, 0.1) is 13.0 Å². The molecule has 3 fully saturated rings. The van der Waals surface area contributed by atoms with Crippen LogP contribution in [0.5, 0.6) is 5.75 Å². The van der Waals surface area contributed by atoms with Gasteiger partial charge in [-0.05, 0) is 56.6 Å². The van der Waals surface area contributed by atoms with Crippen LogP contribution in [0.1, 0.15) is 46.0 Å². The van der Waals surface area contributed by atoms with Crippen molar-refractivity contribution in [1.29, 1.82) is 0 Å². The number of methoxy groups -OCH3 is 1. The van der Waals surface area contributed by atoms with Crippen molar-refractivity contribution < 1.29 is 14.3 Å². The molecule has 0 spiro atoms. The van der Waals surface area contributed by atoms with Crippen molar-refractivity contribution in [2.24, 2.45) is 17.3 Å². The van der Waals surface area contributed by atoms with E-state index in [1.807, 2.05) is 12.1 Å². The van der Waals surface area contributed by atoms with Crippen LogP contribution in [-0.4, -0.2) is 56.8 Å². The summed E-state index contributed by atoms with van der Waals surface area (Å²) in [6.07, 6.45) is 5.96. The Morgan fingerprint density at radius 3 is 2.81 bits per heavy atom. The fraction of sp³-hybridized carbons (Fsp3) is 0.654. The standard InChI is InChI=1S/C26H36N2O3/c1-18-6-5-9-26(2)16-24-21(15-23(18)26)22(25(29)31-24)17-27-10-12-28(13-11-27)19-7-4-8-20(14-19)30-3/h4,7-8,14,21-22,24H,5-6,9-13,15-17H2,1-3H3. The lowest BCUT2D eigenvalue weighted by Crippen LogP contribution is -2.49. The summed E-state index contributed by atoms with van der Waals surface area (Å²) in [4.78, 5) is 17.8. The maximum absolute atomic E-state index is 12.9. The Balaban J connectivity index is 1.23. The van der Waals surface area contributed by atoms with E-state index in [1.165, 1.54) is 24.9 Å². The van der Waals surface area contributed by atoms with Gasteiger partial charge in [0.25, 0.3) is 0 Å². The first-order valence-corrected chi connectivity index (χ1v) is 12.0. The van der Waals surface area contributed by atoms with Crippen molar-refractivity contribution in [3.05, 3.63) is 35.4 Å². The van der Waals surface area contributed by atoms with Gasteiger partial charge < -0.3 is 14.4 Å². The number of ether oxygens (including phenoxy) is 2. The van der Waals surface area contributed by atoms with E-state index in [1.54, 1.807) is 18.3 Å². The summed E-state index contributed by atoms with van der Waals surface area (Å²) in [6.45, 7) is 9.49. The molecule has 5 nitrogen and oxygen atoms in total. The van der Waals surface area contributed by atoms with E-state index >= 15 is 0 Å². The summed E-state index contributed by atoms with van der Waals surface area (Å²) in [7, 11) is 1.71. The van der Waals surface area contributed by atoms with Gasteiger partial charge in [-0.15, -0.1) is 0 Å². The normalized spacial score (nSPS) is 33.7. The maximum Gasteiger partial charge on any atom is 0.310 e. The first-order valence-electron chi connectivity index (χ1n) is 12.0. The van der Waals surface area contributed by atoms with E-state index in [-0.39, 0.29) is 23.4 Å². The Morgan fingerprint density at radius 1 is 1.23 bits per heavy atom. The summed E-state index contributed by atoms with van der Waals surface area (Å²) in [6, 6.07) is 8.29. The van der Waals surface area contributed by atoms with Gasteiger partial charge in [-0.2, -0.15) is 0 Å². The van der Waals surface area contributed by atoms with Crippen LogP contribution >= 0.6 is 0 Å². The fourth-order valence-electron chi connectivity index (χ4n) is 6.59. The minimum atomic E-state index is 0.0279. The number of fused-ring (bicyclic) bond motifs is 2. The molecule has 168 valence electrons. The Kier molecular flexibility index (Phi) is 5.49. The molecule has 4 atom stereocenters. The largest absolute Gasteiger partial charge is 0.497 e. The van der Waals surface area contributed by atoms with Crippen molar-refractivity contribution in [3.8, 4) is 5.75 Å². The predicted octanol–water partition coefficient (Wildman–Crippen LogP) is 4.28. The second kappa shape index (κ2) is 8.16. The number of nitrogens with zero attached hydrogens (tertiary/aromatic N) is 2. The highest BCUT2D eigenvalue weighted by Crippen LogP contribution is 2.55. The molecule has 1 aromatic carbocycles. The van der Waals surface area contributed by atoms with Gasteiger partial charge in [-0.3, -0.25) is 9.69 Å². The minimum Gasteiger partial charge on any atom is -0.497 e. The fourth-order valence-corrected chi connectivity index (χ4v) is 6.59. The maximum atomic E-state index is 12.9. The molecule has 1 saturated carbocycles. The molecule has 5 rings (SSSR count). The number of hydrogen-bond acceptors (Lipinski definition) is 5. The van der Waals surface area contributed by atoms with Gasteiger partial charge >= 0.3 is 5.97 Å². The highest BCUT2D eigenvalue weighted by Gasteiger charge is 2.53. The van der Waals surface area contributed by atoms with Crippen LogP contribution in [0.4, 0.5) is 5.69 Å². The van der Waals surface area contributed by atoms with Crippen molar-refractivity contribution in [3.63, 3.8) is 0 Å². The van der Waals surface area contributed by atoms with Gasteiger partial charge in [0.1, 0.15) is 11.9 Å². The molecular weight excluding hydrogens is 388 g/mol. The van der Waals surface area contributed by atoms with E-state index in [0.29, 0.717) is 5.92 Å². The van der Waals surface area contributed by atoms with Crippen LogP contribution in [-0.2, 0) is 9.53 Å². The van der Waals surface area contributed by atoms with Crippen molar-refractivity contribution >= 4 is 11.7 Å². The summed E-state index contributed by atoms with van der Waals surface area (Å²) in [5.74, 6) is 1.34. The number of benzene rings is 1. The number of rotatable bonds is 4. The topological polar surface area (TPSA) is 42.0 Å². The van der Waals surface area contributed by atoms with Crippen LogP contribution in [0.15, 0.2) is 35.4 Å². The summed E-state index contributed by atoms with van der Waals surface area (Å²) < 4.78 is 11.4. The van der Waals surface area contributed by atoms with Gasteiger partial charge in [0.2, 0.25) is 0 Å². The molecule has 2 heterocycles. The first kappa shape index (κ1) is 20.9. The third kappa shape index (κ3) is 3.86. The van der Waals surface area contributed by atoms with E-state index in [0.717, 1.165) is 51.3 Å². The smallest absolute Gasteiger partial charge is 0.310 e. The van der Waals surface area contributed by atoms with Crippen LogP contribution in [0.25, 0.3) is 0 Å². The molecular formula is C26H36N2O3. The SMILES string of the molecule is COc1cccc(N2CCN(CC3C(=O)OC4CC5(C)CCCC(C)=C5CC43)CC2)c1. The summed E-state index contributed by atoms with van der Waals surface area (Å²) >= 11 is 0. The Bertz CT molecular complexity index is 873. The molecule has 0 N–H and O–H groups in total. The molecule has 4 aliphatic rings. The van der Waals surface area contributed by atoms with E-state index < -0.39 is 0 Å². The zero-order valence-corrected chi connectivity index (χ0v) is 19.2. The zero-order valence-electron chi connectivity index (χ0n) is 19.2. The molecule has 0 aromatic heterocycles. The molecule has 2 saturated heterocycles. The average molecular weight is 425 g/mol. The van der Waals surface area contributed by atoms with Gasteiger partial charge in [-0.25, -0.2) is 0 Å². The van der Waals surface area contributed by atoms with Crippen LogP contribution in [0.3, 0.4) is 0 Å². The molecule has 0 amide bonds. The second-order valence-electron chi connectivity index (χ2n) is 10.3. The third-order valence-corrected chi connectivity index (χ3v) is 8.43. The highest BCUT2D eigenvalue weighted by molar-refractivity contribution is 5.76. The van der Waals surface area contributed by atoms with E-state index in [9.17, 15) is 4.79 Å². The van der Waals surface area contributed by atoms with Gasteiger partial charge in [-0.1, -0.05) is 24.1 Å². The van der Waals surface area contributed by atoms with Crippen molar-refractivity contribution in [2.75, 3.05) is 44.7 Å². The Hall–Kier alpha value is -2.01. The molecule has 0 bridgehead atoms. The average Bonchev–Trinajstić information content (AvgIpc) is 3.06. The molecule has 2 aliphatic heterocycles. The second-order valence-corrected chi connectivity index (χ2v) is 10.3. The highest BCUT2D eigenvalue weighted by atomic mass is 16.6. The number of carbonyl (C=O) groups is 1. The lowest BCUT2D eigenvalue weighted by molar-refractivity contribution is -0.145. The lowest BCUT2D eigenvalue weighted by Gasteiger charge is -2.46. The van der Waals surface area contributed by atoms with Crippen LogP contribution in [0, 0.1) is 17.3 Å². The number of allylic oxidation sites excluding steroid dienone is 2.